The molecule has 1 fully saturated rings. The van der Waals surface area contributed by atoms with Crippen LogP contribution in [-0.2, 0) is 5.60 Å². The standard InChI is InChI=1S/C14H21NO/c1-14(16,12-7-4-3-5-8-12)13-9-6-10-15(2)11-13/h3-5,7-8,13,16H,6,9-11H2,1-2H3/t13-,14+/m0/s1. The number of aliphatic hydroxyl groups is 1. The Morgan fingerprint density at radius 3 is 2.62 bits per heavy atom. The molecule has 0 unspecified atom stereocenters. The van der Waals surface area contributed by atoms with Crippen molar-refractivity contribution in [3.05, 3.63) is 35.9 Å². The molecule has 1 aromatic carbocycles. The highest BCUT2D eigenvalue weighted by atomic mass is 16.3. The first-order valence-corrected chi connectivity index (χ1v) is 6.07. The van der Waals surface area contributed by atoms with Gasteiger partial charge in [-0.2, -0.15) is 0 Å². The SMILES string of the molecule is CN1CCC[C@H]([C@](C)(O)c2ccccc2)C1. The molecule has 2 nitrogen and oxygen atoms in total. The van der Waals surface area contributed by atoms with Gasteiger partial charge in [-0.1, -0.05) is 30.3 Å². The molecule has 0 spiro atoms. The van der Waals surface area contributed by atoms with E-state index in [0.717, 1.165) is 25.1 Å². The molecule has 0 radical (unpaired) electrons. The highest BCUT2D eigenvalue weighted by Gasteiger charge is 2.35. The third-order valence-electron chi connectivity index (χ3n) is 3.78. The molecule has 0 bridgehead atoms. The fraction of sp³-hybridized carbons (Fsp3) is 0.571. The van der Waals surface area contributed by atoms with E-state index in [2.05, 4.69) is 11.9 Å². The summed E-state index contributed by atoms with van der Waals surface area (Å²) >= 11 is 0. The van der Waals surface area contributed by atoms with Crippen molar-refractivity contribution in [1.29, 1.82) is 0 Å². The van der Waals surface area contributed by atoms with Gasteiger partial charge in [0, 0.05) is 12.5 Å². The Balaban J connectivity index is 2.18. The zero-order valence-corrected chi connectivity index (χ0v) is 10.2. The van der Waals surface area contributed by atoms with Crippen LogP contribution >= 0.6 is 0 Å². The van der Waals surface area contributed by atoms with E-state index in [9.17, 15) is 5.11 Å². The highest BCUT2D eigenvalue weighted by molar-refractivity contribution is 5.22. The van der Waals surface area contributed by atoms with Crippen LogP contribution in [-0.4, -0.2) is 30.1 Å². The minimum Gasteiger partial charge on any atom is -0.385 e. The molecule has 0 saturated carbocycles. The predicted octanol–water partition coefficient (Wildman–Crippen LogP) is 2.24. The molecule has 16 heavy (non-hydrogen) atoms. The van der Waals surface area contributed by atoms with E-state index < -0.39 is 5.60 Å². The maximum Gasteiger partial charge on any atom is 0.0908 e. The Morgan fingerprint density at radius 1 is 1.31 bits per heavy atom. The van der Waals surface area contributed by atoms with Crippen LogP contribution in [0.25, 0.3) is 0 Å². The second kappa shape index (κ2) is 4.56. The zero-order chi connectivity index (χ0) is 11.6. The Kier molecular flexibility index (Phi) is 3.31. The third-order valence-corrected chi connectivity index (χ3v) is 3.78. The summed E-state index contributed by atoms with van der Waals surface area (Å²) in [5, 5.41) is 10.7. The van der Waals surface area contributed by atoms with Gasteiger partial charge >= 0.3 is 0 Å². The second-order valence-electron chi connectivity index (χ2n) is 5.11. The molecule has 0 amide bonds. The molecule has 1 heterocycles. The molecular formula is C14H21NO. The molecule has 2 rings (SSSR count). The van der Waals surface area contributed by atoms with Gasteiger partial charge in [0.25, 0.3) is 0 Å². The van der Waals surface area contributed by atoms with Gasteiger partial charge in [-0.25, -0.2) is 0 Å². The van der Waals surface area contributed by atoms with Crippen molar-refractivity contribution in [1.82, 2.24) is 4.90 Å². The van der Waals surface area contributed by atoms with Crippen molar-refractivity contribution >= 4 is 0 Å². The Hall–Kier alpha value is -0.860. The second-order valence-corrected chi connectivity index (χ2v) is 5.11. The first-order chi connectivity index (χ1) is 7.60. The maximum atomic E-state index is 10.7. The predicted molar refractivity (Wildman–Crippen MR) is 66.2 cm³/mol. The van der Waals surface area contributed by atoms with Gasteiger partial charge in [0.1, 0.15) is 0 Å². The third kappa shape index (κ3) is 2.28. The van der Waals surface area contributed by atoms with E-state index in [0.29, 0.717) is 5.92 Å². The van der Waals surface area contributed by atoms with Gasteiger partial charge in [-0.15, -0.1) is 0 Å². The van der Waals surface area contributed by atoms with E-state index in [1.54, 1.807) is 0 Å². The van der Waals surface area contributed by atoms with Gasteiger partial charge in [-0.3, -0.25) is 0 Å². The van der Waals surface area contributed by atoms with Crippen LogP contribution in [0.1, 0.15) is 25.3 Å². The fourth-order valence-electron chi connectivity index (χ4n) is 2.64. The summed E-state index contributed by atoms with van der Waals surface area (Å²) in [6.07, 6.45) is 2.30. The number of benzene rings is 1. The van der Waals surface area contributed by atoms with E-state index in [4.69, 9.17) is 0 Å². The van der Waals surface area contributed by atoms with Crippen LogP contribution in [0.5, 0.6) is 0 Å². The van der Waals surface area contributed by atoms with E-state index in [1.807, 2.05) is 37.3 Å². The highest BCUT2D eigenvalue weighted by Crippen LogP contribution is 2.34. The lowest BCUT2D eigenvalue weighted by atomic mass is 9.78. The van der Waals surface area contributed by atoms with Crippen LogP contribution in [0.15, 0.2) is 30.3 Å². The summed E-state index contributed by atoms with van der Waals surface area (Å²) in [6.45, 7) is 4.09. The number of likely N-dealkylation sites (tertiary alicyclic amines) is 1. The van der Waals surface area contributed by atoms with Gasteiger partial charge < -0.3 is 10.0 Å². The van der Waals surface area contributed by atoms with E-state index >= 15 is 0 Å². The van der Waals surface area contributed by atoms with Crippen LogP contribution in [0.2, 0.25) is 0 Å². The molecule has 1 aromatic rings. The summed E-state index contributed by atoms with van der Waals surface area (Å²) in [5.41, 5.74) is 0.339. The molecule has 2 atom stereocenters. The molecule has 88 valence electrons. The average molecular weight is 219 g/mol. The summed E-state index contributed by atoms with van der Waals surface area (Å²) < 4.78 is 0. The molecule has 0 aromatic heterocycles. The minimum absolute atomic E-state index is 0.341. The van der Waals surface area contributed by atoms with Crippen molar-refractivity contribution in [3.8, 4) is 0 Å². The number of nitrogens with zero attached hydrogens (tertiary/aromatic N) is 1. The fourth-order valence-corrected chi connectivity index (χ4v) is 2.64. The van der Waals surface area contributed by atoms with Gasteiger partial charge in [-0.05, 0) is 38.9 Å². The van der Waals surface area contributed by atoms with E-state index in [1.165, 1.54) is 6.42 Å². The molecule has 1 N–H and O–H groups in total. The minimum atomic E-state index is -0.698. The lowest BCUT2D eigenvalue weighted by Gasteiger charge is -2.39. The molecular weight excluding hydrogens is 198 g/mol. The van der Waals surface area contributed by atoms with E-state index in [-0.39, 0.29) is 0 Å². The molecule has 1 saturated heterocycles. The van der Waals surface area contributed by atoms with Crippen LogP contribution in [0.4, 0.5) is 0 Å². The lowest BCUT2D eigenvalue weighted by molar-refractivity contribution is -0.0340. The molecule has 0 aliphatic carbocycles. The van der Waals surface area contributed by atoms with Crippen molar-refractivity contribution in [2.45, 2.75) is 25.4 Å². The van der Waals surface area contributed by atoms with Crippen LogP contribution in [0.3, 0.4) is 0 Å². The van der Waals surface area contributed by atoms with Crippen molar-refractivity contribution < 1.29 is 5.11 Å². The first-order valence-electron chi connectivity index (χ1n) is 6.07. The molecule has 1 aliphatic rings. The lowest BCUT2D eigenvalue weighted by Crippen LogP contribution is -2.43. The summed E-state index contributed by atoms with van der Waals surface area (Å²) in [7, 11) is 2.13. The van der Waals surface area contributed by atoms with Crippen molar-refractivity contribution in [2.75, 3.05) is 20.1 Å². The largest absolute Gasteiger partial charge is 0.385 e. The van der Waals surface area contributed by atoms with Gasteiger partial charge in [0.05, 0.1) is 5.60 Å². The van der Waals surface area contributed by atoms with Gasteiger partial charge in [0.15, 0.2) is 0 Å². The quantitative estimate of drug-likeness (QED) is 0.824. The first kappa shape index (κ1) is 11.6. The summed E-state index contributed by atoms with van der Waals surface area (Å²) in [6, 6.07) is 10.0. The maximum absolute atomic E-state index is 10.7. The average Bonchev–Trinajstić information content (AvgIpc) is 2.30. The Morgan fingerprint density at radius 2 is 2.00 bits per heavy atom. The zero-order valence-electron chi connectivity index (χ0n) is 10.2. The monoisotopic (exact) mass is 219 g/mol. The Labute approximate surface area is 97.9 Å². The summed E-state index contributed by atoms with van der Waals surface area (Å²) in [4.78, 5) is 2.31. The number of hydrogen-bond donors (Lipinski definition) is 1. The van der Waals surface area contributed by atoms with Gasteiger partial charge in [0.2, 0.25) is 0 Å². The number of hydrogen-bond acceptors (Lipinski definition) is 2. The molecule has 2 heteroatoms. The van der Waals surface area contributed by atoms with Crippen molar-refractivity contribution in [2.24, 2.45) is 5.92 Å². The smallest absolute Gasteiger partial charge is 0.0908 e. The van der Waals surface area contributed by atoms with Crippen LogP contribution in [0, 0.1) is 5.92 Å². The van der Waals surface area contributed by atoms with Crippen LogP contribution < -0.4 is 0 Å². The molecule has 1 aliphatic heterocycles. The van der Waals surface area contributed by atoms with Crippen molar-refractivity contribution in [3.63, 3.8) is 0 Å². The number of rotatable bonds is 2. The normalized spacial score (nSPS) is 26.3. The summed E-state index contributed by atoms with van der Waals surface area (Å²) in [5.74, 6) is 0.341. The number of piperidine rings is 1. The topological polar surface area (TPSA) is 23.5 Å². The Bertz CT molecular complexity index is 334.